The van der Waals surface area contributed by atoms with Gasteiger partial charge < -0.3 is 14.9 Å². The van der Waals surface area contributed by atoms with E-state index in [4.69, 9.17) is 20.1 Å². The van der Waals surface area contributed by atoms with E-state index in [0.29, 0.717) is 18.3 Å². The molecule has 0 fully saturated rings. The highest BCUT2D eigenvalue weighted by atomic mass is 16.5. The lowest BCUT2D eigenvalue weighted by Crippen LogP contribution is -2.25. The third-order valence-electron chi connectivity index (χ3n) is 2.88. The van der Waals surface area contributed by atoms with Crippen molar-refractivity contribution in [1.29, 1.82) is 10.7 Å². The first-order valence-corrected chi connectivity index (χ1v) is 7.22. The molecule has 1 aromatic rings. The summed E-state index contributed by atoms with van der Waals surface area (Å²) < 4.78 is 10.4. The van der Waals surface area contributed by atoms with Crippen molar-refractivity contribution in [3.63, 3.8) is 0 Å². The maximum Gasteiger partial charge on any atom is 0.338 e. The minimum absolute atomic E-state index is 0.0716. The van der Waals surface area contributed by atoms with Crippen molar-refractivity contribution in [1.82, 2.24) is 0 Å². The van der Waals surface area contributed by atoms with Crippen molar-refractivity contribution >= 4 is 17.5 Å². The van der Waals surface area contributed by atoms with Crippen LogP contribution in [0.3, 0.4) is 0 Å². The summed E-state index contributed by atoms with van der Waals surface area (Å²) in [5.41, 5.74) is 0.191. The van der Waals surface area contributed by atoms with E-state index in [-0.39, 0.29) is 11.3 Å². The number of Topliss-reactive ketones (excluding diaryl/α,β-unsaturated/α-hetero) is 1. The summed E-state index contributed by atoms with van der Waals surface area (Å²) in [7, 11) is 0. The highest BCUT2D eigenvalue weighted by Gasteiger charge is 2.21. The predicted octanol–water partition coefficient (Wildman–Crippen LogP) is 2.63. The van der Waals surface area contributed by atoms with Crippen molar-refractivity contribution in [3.8, 4) is 11.8 Å². The van der Waals surface area contributed by atoms with Gasteiger partial charge in [0.2, 0.25) is 0 Å². The Morgan fingerprint density at radius 3 is 2.61 bits per heavy atom. The number of nitrogens with zero attached hydrogens (tertiary/aromatic N) is 1. The Morgan fingerprint density at radius 2 is 2.04 bits per heavy atom. The van der Waals surface area contributed by atoms with Crippen molar-refractivity contribution in [2.24, 2.45) is 11.8 Å². The largest absolute Gasteiger partial charge is 0.493 e. The Balaban J connectivity index is 2.65. The molecule has 0 spiro atoms. The summed E-state index contributed by atoms with van der Waals surface area (Å²) in [6, 6.07) is 8.20. The molecule has 0 saturated carbocycles. The number of hydrogen-bond donors (Lipinski definition) is 1. The lowest BCUT2D eigenvalue weighted by atomic mass is 10.0. The van der Waals surface area contributed by atoms with Crippen molar-refractivity contribution < 1.29 is 19.1 Å². The molecule has 1 aromatic carbocycles. The summed E-state index contributed by atoms with van der Waals surface area (Å²) in [4.78, 5) is 23.7. The van der Waals surface area contributed by atoms with E-state index in [1.165, 1.54) is 6.92 Å². The Labute approximate surface area is 135 Å². The van der Waals surface area contributed by atoms with Gasteiger partial charge in [-0.3, -0.25) is 4.79 Å². The van der Waals surface area contributed by atoms with Gasteiger partial charge in [0, 0.05) is 5.71 Å². The van der Waals surface area contributed by atoms with Crippen LogP contribution < -0.4 is 4.74 Å². The fourth-order valence-electron chi connectivity index (χ4n) is 1.69. The number of carbonyl (C=O) groups excluding carboxylic acids is 2. The molecule has 1 N–H and O–H groups in total. The molecule has 1 rings (SSSR count). The Morgan fingerprint density at radius 1 is 1.35 bits per heavy atom. The summed E-state index contributed by atoms with van der Waals surface area (Å²) in [6.07, 6.45) is 0. The topological polar surface area (TPSA) is 100 Å². The maximum absolute atomic E-state index is 12.0. The van der Waals surface area contributed by atoms with Crippen molar-refractivity contribution in [2.45, 2.75) is 20.8 Å². The van der Waals surface area contributed by atoms with Crippen LogP contribution in [0.1, 0.15) is 31.1 Å². The molecular formula is C17H20N2O4. The van der Waals surface area contributed by atoms with Gasteiger partial charge in [-0.25, -0.2) is 4.79 Å². The molecule has 0 saturated heterocycles. The summed E-state index contributed by atoms with van der Waals surface area (Å²) in [6.45, 7) is 5.38. The Hall–Kier alpha value is -2.68. The second kappa shape index (κ2) is 8.69. The molecule has 0 amide bonds. The first-order chi connectivity index (χ1) is 10.8. The molecule has 0 aliphatic carbocycles. The molecule has 122 valence electrons. The number of ether oxygens (including phenoxy) is 2. The van der Waals surface area contributed by atoms with Crippen LogP contribution in [0.5, 0.6) is 5.75 Å². The molecule has 6 nitrogen and oxygen atoms in total. The van der Waals surface area contributed by atoms with Crippen molar-refractivity contribution in [2.75, 3.05) is 13.2 Å². The number of nitriles is 1. The first-order valence-electron chi connectivity index (χ1n) is 7.22. The monoisotopic (exact) mass is 316 g/mol. The van der Waals surface area contributed by atoms with E-state index in [0.717, 1.165) is 0 Å². The minimum Gasteiger partial charge on any atom is -0.493 e. The van der Waals surface area contributed by atoms with E-state index in [1.807, 2.05) is 13.8 Å². The van der Waals surface area contributed by atoms with Crippen LogP contribution in [0, 0.1) is 28.6 Å². The van der Waals surface area contributed by atoms with E-state index < -0.39 is 24.3 Å². The standard InChI is InChI=1S/C17H20N2O4/c1-11(2)9-22-14-6-4-5-13(7-14)17(21)23-10-16(20)15(8-18)12(3)19/h4-7,11,15,19H,9-10H2,1-3H3/t15-/m1/s1. The highest BCUT2D eigenvalue weighted by molar-refractivity contribution is 6.06. The molecule has 0 radical (unpaired) electrons. The first kappa shape index (κ1) is 18.4. The second-order valence-corrected chi connectivity index (χ2v) is 5.52. The van der Waals surface area contributed by atoms with Gasteiger partial charge in [-0.1, -0.05) is 19.9 Å². The highest BCUT2D eigenvalue weighted by Crippen LogP contribution is 2.15. The fraction of sp³-hybridized carbons (Fsp3) is 0.412. The summed E-state index contributed by atoms with van der Waals surface area (Å²) in [5.74, 6) is -1.56. The smallest absolute Gasteiger partial charge is 0.338 e. The summed E-state index contributed by atoms with van der Waals surface area (Å²) in [5, 5.41) is 16.2. The number of carbonyl (C=O) groups is 2. The molecule has 6 heteroatoms. The number of ketones is 1. The average Bonchev–Trinajstić information content (AvgIpc) is 2.51. The van der Waals surface area contributed by atoms with Crippen LogP contribution in [0.2, 0.25) is 0 Å². The molecule has 1 atom stereocenters. The summed E-state index contributed by atoms with van der Waals surface area (Å²) >= 11 is 0. The van der Waals surface area contributed by atoms with Crippen LogP contribution in [0.4, 0.5) is 0 Å². The van der Waals surface area contributed by atoms with Gasteiger partial charge in [-0.05, 0) is 31.0 Å². The number of nitrogens with one attached hydrogen (secondary N) is 1. The maximum atomic E-state index is 12.0. The number of esters is 1. The van der Waals surface area contributed by atoms with Gasteiger partial charge in [-0.15, -0.1) is 0 Å². The Kier molecular flexibility index (Phi) is 6.94. The van der Waals surface area contributed by atoms with Gasteiger partial charge in [0.05, 0.1) is 18.2 Å². The van der Waals surface area contributed by atoms with Crippen LogP contribution in [-0.2, 0) is 9.53 Å². The van der Waals surface area contributed by atoms with Crippen LogP contribution in [-0.4, -0.2) is 30.7 Å². The van der Waals surface area contributed by atoms with Gasteiger partial charge in [0.25, 0.3) is 0 Å². The van der Waals surface area contributed by atoms with Crippen LogP contribution in [0.25, 0.3) is 0 Å². The van der Waals surface area contributed by atoms with Gasteiger partial charge in [0.1, 0.15) is 11.7 Å². The van der Waals surface area contributed by atoms with E-state index in [1.54, 1.807) is 30.3 Å². The fourth-order valence-corrected chi connectivity index (χ4v) is 1.69. The average molecular weight is 316 g/mol. The molecule has 0 aliphatic heterocycles. The zero-order chi connectivity index (χ0) is 17.4. The number of rotatable bonds is 8. The molecule has 0 heterocycles. The Bertz CT molecular complexity index is 632. The van der Waals surface area contributed by atoms with Crippen molar-refractivity contribution in [3.05, 3.63) is 29.8 Å². The normalized spacial score (nSPS) is 11.4. The van der Waals surface area contributed by atoms with Gasteiger partial charge in [0.15, 0.2) is 12.4 Å². The SMILES string of the molecule is CC(=N)[C@@H](C#N)C(=O)COC(=O)c1cccc(OCC(C)C)c1. The quantitative estimate of drug-likeness (QED) is 0.587. The molecule has 23 heavy (non-hydrogen) atoms. The zero-order valence-corrected chi connectivity index (χ0v) is 13.5. The molecule has 0 unspecified atom stereocenters. The minimum atomic E-state index is -1.18. The van der Waals surface area contributed by atoms with E-state index >= 15 is 0 Å². The van der Waals surface area contributed by atoms with Gasteiger partial charge >= 0.3 is 5.97 Å². The third kappa shape index (κ3) is 5.91. The lowest BCUT2D eigenvalue weighted by Gasteiger charge is -2.10. The van der Waals surface area contributed by atoms with Gasteiger partial charge in [-0.2, -0.15) is 5.26 Å². The third-order valence-corrected chi connectivity index (χ3v) is 2.88. The molecule has 0 bridgehead atoms. The predicted molar refractivity (Wildman–Crippen MR) is 84.6 cm³/mol. The number of hydrogen-bond acceptors (Lipinski definition) is 6. The van der Waals surface area contributed by atoms with Crippen LogP contribution >= 0.6 is 0 Å². The molecule has 0 aliphatic rings. The molecule has 0 aromatic heterocycles. The van der Waals surface area contributed by atoms with E-state index in [9.17, 15) is 9.59 Å². The zero-order valence-electron chi connectivity index (χ0n) is 13.5. The molecular weight excluding hydrogens is 296 g/mol. The lowest BCUT2D eigenvalue weighted by molar-refractivity contribution is -0.122. The second-order valence-electron chi connectivity index (χ2n) is 5.52. The van der Waals surface area contributed by atoms with Crippen LogP contribution in [0.15, 0.2) is 24.3 Å². The number of benzene rings is 1. The van der Waals surface area contributed by atoms with E-state index in [2.05, 4.69) is 0 Å².